The average molecular weight is 392 g/mol. The van der Waals surface area contributed by atoms with Crippen molar-refractivity contribution in [2.24, 2.45) is 0 Å². The van der Waals surface area contributed by atoms with Crippen LogP contribution in [0.15, 0.2) is 36.4 Å². The van der Waals surface area contributed by atoms with Gasteiger partial charge in [0.1, 0.15) is 5.15 Å². The maximum Gasteiger partial charge on any atom is 0.331 e. The molecule has 1 amide bonds. The van der Waals surface area contributed by atoms with E-state index in [0.717, 1.165) is 5.69 Å². The number of aromatic nitrogens is 2. The van der Waals surface area contributed by atoms with Gasteiger partial charge >= 0.3 is 5.97 Å². The summed E-state index contributed by atoms with van der Waals surface area (Å²) >= 11 is 6.40. The summed E-state index contributed by atoms with van der Waals surface area (Å²) < 4.78 is 11.5. The van der Waals surface area contributed by atoms with Gasteiger partial charge in [-0.2, -0.15) is 5.10 Å². The first-order chi connectivity index (χ1) is 12.9. The van der Waals surface area contributed by atoms with Gasteiger partial charge < -0.3 is 14.8 Å². The molecule has 1 N–H and O–H groups in total. The third-order valence-corrected chi connectivity index (χ3v) is 4.07. The van der Waals surface area contributed by atoms with Crippen molar-refractivity contribution in [3.8, 4) is 5.69 Å². The van der Waals surface area contributed by atoms with E-state index in [1.165, 1.54) is 26.2 Å². The molecule has 8 heteroatoms. The van der Waals surface area contributed by atoms with Crippen molar-refractivity contribution < 1.29 is 19.1 Å². The molecule has 1 aromatic carbocycles. The standard InChI is InChI=1S/C19H22ClN3O4/c1-13-16(18(20)23(22-13)15-7-5-4-6-8-15)9-10-17(24)27-14(2)19(25)21-11-12-26-3/h4-10,14H,11-12H2,1-3H3,(H,21,25)/b10-9+/t14-/m1/s1. The van der Waals surface area contributed by atoms with E-state index in [0.29, 0.717) is 29.6 Å². The molecule has 1 heterocycles. The minimum Gasteiger partial charge on any atom is -0.449 e. The molecule has 0 radical (unpaired) electrons. The van der Waals surface area contributed by atoms with Crippen molar-refractivity contribution in [2.75, 3.05) is 20.3 Å². The van der Waals surface area contributed by atoms with Gasteiger partial charge in [-0.05, 0) is 32.1 Å². The largest absolute Gasteiger partial charge is 0.449 e. The fourth-order valence-corrected chi connectivity index (χ4v) is 2.61. The van der Waals surface area contributed by atoms with E-state index in [4.69, 9.17) is 21.1 Å². The summed E-state index contributed by atoms with van der Waals surface area (Å²) in [5.74, 6) is -1.03. The molecule has 0 unspecified atom stereocenters. The van der Waals surface area contributed by atoms with Crippen LogP contribution in [0.5, 0.6) is 0 Å². The summed E-state index contributed by atoms with van der Waals surface area (Å²) in [7, 11) is 1.54. The quantitative estimate of drug-likeness (QED) is 0.425. The molecule has 0 fully saturated rings. The molecule has 144 valence electrons. The molecular formula is C19H22ClN3O4. The molecule has 2 aromatic rings. The van der Waals surface area contributed by atoms with E-state index in [1.807, 2.05) is 30.3 Å². The normalized spacial score (nSPS) is 12.1. The number of ether oxygens (including phenoxy) is 2. The Balaban J connectivity index is 2.02. The fraction of sp³-hybridized carbons (Fsp3) is 0.316. The van der Waals surface area contributed by atoms with E-state index in [-0.39, 0.29) is 5.91 Å². The Bertz CT molecular complexity index is 818. The van der Waals surface area contributed by atoms with Crippen LogP contribution in [-0.4, -0.2) is 48.0 Å². The van der Waals surface area contributed by atoms with Crippen LogP contribution in [0.3, 0.4) is 0 Å². The number of nitrogens with zero attached hydrogens (tertiary/aromatic N) is 2. The predicted molar refractivity (Wildman–Crippen MR) is 103 cm³/mol. The number of hydrogen-bond acceptors (Lipinski definition) is 5. The Kier molecular flexibility index (Phi) is 7.57. The van der Waals surface area contributed by atoms with Crippen molar-refractivity contribution in [1.29, 1.82) is 0 Å². The Hall–Kier alpha value is -2.64. The SMILES string of the molecule is COCCNC(=O)[C@@H](C)OC(=O)/C=C/c1c(C)nn(-c2ccccc2)c1Cl. The van der Waals surface area contributed by atoms with Crippen molar-refractivity contribution in [3.63, 3.8) is 0 Å². The summed E-state index contributed by atoms with van der Waals surface area (Å²) in [5, 5.41) is 7.38. The minimum atomic E-state index is -0.914. The minimum absolute atomic E-state index is 0.348. The van der Waals surface area contributed by atoms with E-state index >= 15 is 0 Å². The van der Waals surface area contributed by atoms with Gasteiger partial charge in [0.2, 0.25) is 0 Å². The maximum atomic E-state index is 12.0. The highest BCUT2D eigenvalue weighted by molar-refractivity contribution is 6.31. The lowest BCUT2D eigenvalue weighted by molar-refractivity contribution is -0.150. The van der Waals surface area contributed by atoms with Crippen LogP contribution in [0, 0.1) is 6.92 Å². The predicted octanol–water partition coefficient (Wildman–Crippen LogP) is 2.54. The number of rotatable bonds is 8. The topological polar surface area (TPSA) is 82.4 Å². The summed E-state index contributed by atoms with van der Waals surface area (Å²) in [6.45, 7) is 4.03. The summed E-state index contributed by atoms with van der Waals surface area (Å²) in [6, 6.07) is 9.42. The number of halogens is 1. The smallest absolute Gasteiger partial charge is 0.331 e. The molecule has 2 rings (SSSR count). The third kappa shape index (κ3) is 5.67. The lowest BCUT2D eigenvalue weighted by Crippen LogP contribution is -2.37. The number of esters is 1. The highest BCUT2D eigenvalue weighted by Crippen LogP contribution is 2.24. The van der Waals surface area contributed by atoms with Crippen molar-refractivity contribution in [2.45, 2.75) is 20.0 Å². The Morgan fingerprint density at radius 2 is 2.04 bits per heavy atom. The Morgan fingerprint density at radius 3 is 2.70 bits per heavy atom. The first-order valence-corrected chi connectivity index (χ1v) is 8.77. The Morgan fingerprint density at radius 1 is 1.33 bits per heavy atom. The molecule has 0 aliphatic rings. The zero-order valence-electron chi connectivity index (χ0n) is 15.4. The number of carbonyl (C=O) groups is 2. The first-order valence-electron chi connectivity index (χ1n) is 8.40. The molecule has 27 heavy (non-hydrogen) atoms. The van der Waals surface area contributed by atoms with Crippen molar-refractivity contribution in [3.05, 3.63) is 52.8 Å². The van der Waals surface area contributed by atoms with Crippen LogP contribution < -0.4 is 5.32 Å². The van der Waals surface area contributed by atoms with Gasteiger partial charge in [-0.25, -0.2) is 9.48 Å². The average Bonchev–Trinajstić information content (AvgIpc) is 2.94. The number of nitrogens with one attached hydrogen (secondary N) is 1. The fourth-order valence-electron chi connectivity index (χ4n) is 2.28. The van der Waals surface area contributed by atoms with Crippen LogP contribution in [0.25, 0.3) is 11.8 Å². The number of methoxy groups -OCH3 is 1. The second kappa shape index (κ2) is 9.89. The van der Waals surface area contributed by atoms with E-state index < -0.39 is 12.1 Å². The molecule has 0 aliphatic carbocycles. The summed E-state index contributed by atoms with van der Waals surface area (Å²) in [5.41, 5.74) is 2.09. The lowest BCUT2D eigenvalue weighted by Gasteiger charge is -2.11. The van der Waals surface area contributed by atoms with Crippen LogP contribution in [0.1, 0.15) is 18.2 Å². The second-order valence-electron chi connectivity index (χ2n) is 5.73. The molecule has 0 aliphatic heterocycles. The van der Waals surface area contributed by atoms with Gasteiger partial charge in [-0.3, -0.25) is 4.79 Å². The van der Waals surface area contributed by atoms with Gasteiger partial charge in [0.15, 0.2) is 6.10 Å². The van der Waals surface area contributed by atoms with Gasteiger partial charge in [0.05, 0.1) is 18.0 Å². The van der Waals surface area contributed by atoms with Crippen LogP contribution in [0.4, 0.5) is 0 Å². The third-order valence-electron chi connectivity index (χ3n) is 3.70. The highest BCUT2D eigenvalue weighted by Gasteiger charge is 2.17. The van der Waals surface area contributed by atoms with Crippen LogP contribution >= 0.6 is 11.6 Å². The van der Waals surface area contributed by atoms with Crippen LogP contribution in [0.2, 0.25) is 5.15 Å². The van der Waals surface area contributed by atoms with Crippen molar-refractivity contribution >= 4 is 29.6 Å². The van der Waals surface area contributed by atoms with Gasteiger partial charge in [-0.1, -0.05) is 29.8 Å². The zero-order chi connectivity index (χ0) is 19.8. The molecule has 1 aromatic heterocycles. The van der Waals surface area contributed by atoms with Crippen LogP contribution in [-0.2, 0) is 19.1 Å². The molecule has 0 saturated heterocycles. The number of hydrogen-bond donors (Lipinski definition) is 1. The molecule has 1 atom stereocenters. The number of para-hydroxylation sites is 1. The number of amides is 1. The highest BCUT2D eigenvalue weighted by atomic mass is 35.5. The molecule has 0 saturated carbocycles. The van der Waals surface area contributed by atoms with Gasteiger partial charge in [-0.15, -0.1) is 0 Å². The second-order valence-corrected chi connectivity index (χ2v) is 6.09. The summed E-state index contributed by atoms with van der Waals surface area (Å²) in [4.78, 5) is 23.8. The zero-order valence-corrected chi connectivity index (χ0v) is 16.2. The number of aryl methyl sites for hydroxylation is 1. The molecule has 0 bridgehead atoms. The van der Waals surface area contributed by atoms with E-state index in [9.17, 15) is 9.59 Å². The first kappa shape index (κ1) is 20.7. The molecule has 0 spiro atoms. The van der Waals surface area contributed by atoms with E-state index in [2.05, 4.69) is 10.4 Å². The monoisotopic (exact) mass is 391 g/mol. The Labute approximate surface area is 162 Å². The number of benzene rings is 1. The maximum absolute atomic E-state index is 12.0. The van der Waals surface area contributed by atoms with Gasteiger partial charge in [0, 0.05) is 25.3 Å². The summed E-state index contributed by atoms with van der Waals surface area (Å²) in [6.07, 6.45) is 1.84. The number of carbonyl (C=O) groups excluding carboxylic acids is 2. The van der Waals surface area contributed by atoms with E-state index in [1.54, 1.807) is 11.6 Å². The van der Waals surface area contributed by atoms with Crippen molar-refractivity contribution in [1.82, 2.24) is 15.1 Å². The molecular weight excluding hydrogens is 370 g/mol. The molecule has 7 nitrogen and oxygen atoms in total. The van der Waals surface area contributed by atoms with Gasteiger partial charge in [0.25, 0.3) is 5.91 Å². The lowest BCUT2D eigenvalue weighted by atomic mass is 10.2.